The molecule has 1 aromatic carbocycles. The summed E-state index contributed by atoms with van der Waals surface area (Å²) in [5.41, 5.74) is 3.81. The second-order valence-corrected chi connectivity index (χ2v) is 8.76. The monoisotopic (exact) mass is 427 g/mol. The van der Waals surface area contributed by atoms with Crippen molar-refractivity contribution in [3.05, 3.63) is 75.6 Å². The van der Waals surface area contributed by atoms with Crippen LogP contribution in [0.1, 0.15) is 27.3 Å². The van der Waals surface area contributed by atoms with Gasteiger partial charge in [-0.05, 0) is 43.0 Å². The molecule has 4 aromatic rings. The maximum Gasteiger partial charge on any atom is 0.174 e. The van der Waals surface area contributed by atoms with Gasteiger partial charge in [-0.1, -0.05) is 41.6 Å². The number of aromatic nitrogens is 3. The molecular formula is C21H18ClN3OS2. The maximum absolute atomic E-state index is 12.9. The molecule has 142 valence electrons. The summed E-state index contributed by atoms with van der Waals surface area (Å²) in [7, 11) is 0. The predicted molar refractivity (Wildman–Crippen MR) is 117 cm³/mol. The highest BCUT2D eigenvalue weighted by atomic mass is 35.5. The molecule has 0 unspecified atom stereocenters. The Kier molecular flexibility index (Phi) is 5.53. The molecule has 3 aromatic heterocycles. The van der Waals surface area contributed by atoms with Crippen LogP contribution in [0, 0.1) is 13.8 Å². The molecule has 0 N–H and O–H groups in total. The summed E-state index contributed by atoms with van der Waals surface area (Å²) in [6, 6.07) is 11.8. The molecule has 0 amide bonds. The van der Waals surface area contributed by atoms with Crippen molar-refractivity contribution in [1.82, 2.24) is 14.5 Å². The van der Waals surface area contributed by atoms with E-state index in [1.165, 1.54) is 11.8 Å². The lowest BCUT2D eigenvalue weighted by Crippen LogP contribution is -2.08. The largest absolute Gasteiger partial charge is 0.344 e. The summed E-state index contributed by atoms with van der Waals surface area (Å²) in [4.78, 5) is 22.4. The molecule has 0 saturated heterocycles. The standard InChI is InChI=1S/C21H18ClN3OS2/c1-13-9-17(14(2)25(13)10-15-5-3-4-6-18(15)22)19(26)11-28-21-16-7-8-27-20(16)23-12-24-21/h3-9,12H,10-11H2,1-2H3. The van der Waals surface area contributed by atoms with Crippen LogP contribution in [0.15, 0.2) is 53.1 Å². The number of Topliss-reactive ketones (excluding diaryl/α,β-unsaturated/α-hetero) is 1. The Morgan fingerprint density at radius 3 is 2.86 bits per heavy atom. The quantitative estimate of drug-likeness (QED) is 0.222. The number of carbonyl (C=O) groups excluding carboxylic acids is 1. The van der Waals surface area contributed by atoms with Crippen molar-refractivity contribution in [2.75, 3.05) is 5.75 Å². The number of aryl methyl sites for hydroxylation is 1. The van der Waals surface area contributed by atoms with E-state index in [1.807, 2.05) is 55.6 Å². The fraction of sp³-hybridized carbons (Fsp3) is 0.190. The molecule has 0 spiro atoms. The molecule has 3 heterocycles. The molecule has 7 heteroatoms. The first-order valence-corrected chi connectivity index (χ1v) is 11.0. The first-order chi connectivity index (χ1) is 13.5. The zero-order chi connectivity index (χ0) is 19.7. The predicted octanol–water partition coefficient (Wildman–Crippen LogP) is 5.79. The van der Waals surface area contributed by atoms with E-state index >= 15 is 0 Å². The minimum absolute atomic E-state index is 0.102. The van der Waals surface area contributed by atoms with Gasteiger partial charge in [-0.25, -0.2) is 9.97 Å². The number of thioether (sulfide) groups is 1. The fourth-order valence-corrected chi connectivity index (χ4v) is 5.08. The summed E-state index contributed by atoms with van der Waals surface area (Å²) in [5.74, 6) is 0.448. The van der Waals surface area contributed by atoms with Crippen molar-refractivity contribution in [2.45, 2.75) is 25.4 Å². The van der Waals surface area contributed by atoms with Crippen molar-refractivity contribution in [1.29, 1.82) is 0 Å². The van der Waals surface area contributed by atoms with Gasteiger partial charge in [-0.2, -0.15) is 0 Å². The number of hydrogen-bond donors (Lipinski definition) is 0. The highest BCUT2D eigenvalue weighted by molar-refractivity contribution is 8.00. The van der Waals surface area contributed by atoms with E-state index in [1.54, 1.807) is 17.7 Å². The number of fused-ring (bicyclic) bond motifs is 1. The maximum atomic E-state index is 12.9. The van der Waals surface area contributed by atoms with Crippen LogP contribution in [0.4, 0.5) is 0 Å². The van der Waals surface area contributed by atoms with Gasteiger partial charge in [0.05, 0.1) is 5.75 Å². The Hall–Kier alpha value is -2.15. The van der Waals surface area contributed by atoms with E-state index < -0.39 is 0 Å². The van der Waals surface area contributed by atoms with Crippen LogP contribution in [0.3, 0.4) is 0 Å². The van der Waals surface area contributed by atoms with Gasteiger partial charge in [-0.3, -0.25) is 4.79 Å². The molecule has 0 aliphatic carbocycles. The van der Waals surface area contributed by atoms with Crippen molar-refractivity contribution in [2.24, 2.45) is 0 Å². The van der Waals surface area contributed by atoms with Crippen molar-refractivity contribution in [3.8, 4) is 0 Å². The molecule has 4 rings (SSSR count). The van der Waals surface area contributed by atoms with Crippen LogP contribution in [-0.4, -0.2) is 26.1 Å². The molecule has 0 saturated carbocycles. The summed E-state index contributed by atoms with van der Waals surface area (Å²) in [6.45, 7) is 4.66. The minimum Gasteiger partial charge on any atom is -0.344 e. The normalized spacial score (nSPS) is 11.2. The minimum atomic E-state index is 0.102. The van der Waals surface area contributed by atoms with E-state index in [0.717, 1.165) is 42.8 Å². The van der Waals surface area contributed by atoms with Crippen LogP contribution in [-0.2, 0) is 6.54 Å². The highest BCUT2D eigenvalue weighted by Crippen LogP contribution is 2.29. The first-order valence-electron chi connectivity index (χ1n) is 8.79. The molecule has 0 aliphatic heterocycles. The van der Waals surface area contributed by atoms with Gasteiger partial charge in [0.2, 0.25) is 0 Å². The van der Waals surface area contributed by atoms with Crippen LogP contribution < -0.4 is 0 Å². The van der Waals surface area contributed by atoms with Crippen LogP contribution >= 0.6 is 34.7 Å². The summed E-state index contributed by atoms with van der Waals surface area (Å²) >= 11 is 9.35. The van der Waals surface area contributed by atoms with E-state index in [2.05, 4.69) is 14.5 Å². The van der Waals surface area contributed by atoms with E-state index in [0.29, 0.717) is 12.3 Å². The Morgan fingerprint density at radius 2 is 2.04 bits per heavy atom. The number of ketones is 1. The topological polar surface area (TPSA) is 47.8 Å². The zero-order valence-corrected chi connectivity index (χ0v) is 17.9. The molecule has 0 radical (unpaired) electrons. The number of benzene rings is 1. The number of rotatable bonds is 6. The highest BCUT2D eigenvalue weighted by Gasteiger charge is 2.17. The van der Waals surface area contributed by atoms with Crippen LogP contribution in [0.2, 0.25) is 5.02 Å². The zero-order valence-electron chi connectivity index (χ0n) is 15.5. The van der Waals surface area contributed by atoms with E-state index in [4.69, 9.17) is 11.6 Å². The average molecular weight is 428 g/mol. The van der Waals surface area contributed by atoms with Crippen LogP contribution in [0.5, 0.6) is 0 Å². The Labute approximate surface area is 176 Å². The summed E-state index contributed by atoms with van der Waals surface area (Å²) in [5, 5.41) is 4.59. The lowest BCUT2D eigenvalue weighted by Gasteiger charge is -2.11. The Bertz CT molecular complexity index is 1170. The van der Waals surface area contributed by atoms with Crippen LogP contribution in [0.25, 0.3) is 10.2 Å². The second-order valence-electron chi connectivity index (χ2n) is 6.49. The van der Waals surface area contributed by atoms with E-state index in [-0.39, 0.29) is 5.78 Å². The van der Waals surface area contributed by atoms with Crippen molar-refractivity contribution >= 4 is 50.7 Å². The third kappa shape index (κ3) is 3.72. The van der Waals surface area contributed by atoms with Gasteiger partial charge >= 0.3 is 0 Å². The molecule has 4 nitrogen and oxygen atoms in total. The van der Waals surface area contributed by atoms with Crippen molar-refractivity contribution < 1.29 is 4.79 Å². The number of halogens is 1. The number of hydrogen-bond acceptors (Lipinski definition) is 5. The summed E-state index contributed by atoms with van der Waals surface area (Å²) < 4.78 is 2.14. The summed E-state index contributed by atoms with van der Waals surface area (Å²) in [6.07, 6.45) is 1.56. The molecule has 28 heavy (non-hydrogen) atoms. The van der Waals surface area contributed by atoms with Gasteiger partial charge in [0.25, 0.3) is 0 Å². The van der Waals surface area contributed by atoms with Crippen molar-refractivity contribution in [3.63, 3.8) is 0 Å². The van der Waals surface area contributed by atoms with Gasteiger partial charge in [0, 0.05) is 33.9 Å². The SMILES string of the molecule is Cc1cc(C(=O)CSc2ncnc3sccc23)c(C)n1Cc1ccccc1Cl. The third-order valence-corrected chi connectivity index (χ3v) is 6.92. The first kappa shape index (κ1) is 19.2. The van der Waals surface area contributed by atoms with Gasteiger partial charge in [0.1, 0.15) is 16.2 Å². The molecule has 0 fully saturated rings. The number of nitrogens with zero attached hydrogens (tertiary/aromatic N) is 3. The fourth-order valence-electron chi connectivity index (χ4n) is 3.22. The molecular weight excluding hydrogens is 410 g/mol. The van der Waals surface area contributed by atoms with Gasteiger partial charge < -0.3 is 4.57 Å². The molecule has 0 aliphatic rings. The number of carbonyl (C=O) groups is 1. The lowest BCUT2D eigenvalue weighted by molar-refractivity contribution is 0.102. The Morgan fingerprint density at radius 1 is 1.21 bits per heavy atom. The molecule has 0 atom stereocenters. The molecule has 0 bridgehead atoms. The smallest absolute Gasteiger partial charge is 0.174 e. The number of thiophene rings is 1. The average Bonchev–Trinajstić information content (AvgIpc) is 3.28. The Balaban J connectivity index is 1.53. The second kappa shape index (κ2) is 8.07. The third-order valence-electron chi connectivity index (χ3n) is 4.73. The van der Waals surface area contributed by atoms with E-state index in [9.17, 15) is 4.79 Å². The van der Waals surface area contributed by atoms with Gasteiger partial charge in [0.15, 0.2) is 5.78 Å². The lowest BCUT2D eigenvalue weighted by atomic mass is 10.2. The van der Waals surface area contributed by atoms with Gasteiger partial charge in [-0.15, -0.1) is 11.3 Å².